The Labute approximate surface area is 165 Å². The zero-order valence-electron chi connectivity index (χ0n) is 14.2. The lowest BCUT2D eigenvalue weighted by Crippen LogP contribution is -2.37. The predicted octanol–water partition coefficient (Wildman–Crippen LogP) is 1.95. The van der Waals surface area contributed by atoms with Crippen LogP contribution in [-0.2, 0) is 20.6 Å². The third-order valence-electron chi connectivity index (χ3n) is 4.14. The van der Waals surface area contributed by atoms with Crippen LogP contribution in [0.3, 0.4) is 0 Å². The largest absolute Gasteiger partial charge is 0.419 e. The van der Waals surface area contributed by atoms with Crippen LogP contribution in [0.5, 0.6) is 0 Å². The molecule has 138 valence electrons. The molecule has 3 aromatic heterocycles. The average Bonchev–Trinajstić information content (AvgIpc) is 3.24. The van der Waals surface area contributed by atoms with Gasteiger partial charge in [-0.1, -0.05) is 11.6 Å². The van der Waals surface area contributed by atoms with E-state index in [4.69, 9.17) is 16.0 Å². The molecule has 4 aromatic rings. The third-order valence-corrected chi connectivity index (χ3v) is 5.00. The molecule has 9 nitrogen and oxygen atoms in total. The van der Waals surface area contributed by atoms with Gasteiger partial charge in [0.25, 0.3) is 5.56 Å². The number of rotatable bonds is 3. The fourth-order valence-corrected chi connectivity index (χ4v) is 3.36. The minimum atomic E-state index is -0.472. The van der Waals surface area contributed by atoms with Gasteiger partial charge in [-0.15, -0.1) is 10.2 Å². The molecule has 0 aliphatic heterocycles. The highest BCUT2D eigenvalue weighted by atomic mass is 79.9. The van der Waals surface area contributed by atoms with Crippen LogP contribution in [0.4, 0.5) is 0 Å². The Kier molecular flexibility index (Phi) is 4.23. The standard InChI is InChI=1S/C16H12BrClN6O3/c1-22-13-11(14(25)23(2)16(22)26)19-15(17)24(13)7-10-20-21-12(27-10)8-3-5-9(18)6-4-8/h3-6H,7H2,1-2H3. The molecule has 4 rings (SSSR count). The molecule has 3 heterocycles. The van der Waals surface area contributed by atoms with Gasteiger partial charge in [-0.3, -0.25) is 18.5 Å². The monoisotopic (exact) mass is 450 g/mol. The van der Waals surface area contributed by atoms with Crippen molar-refractivity contribution in [3.63, 3.8) is 0 Å². The number of imidazole rings is 1. The van der Waals surface area contributed by atoms with Crippen LogP contribution < -0.4 is 11.2 Å². The van der Waals surface area contributed by atoms with Gasteiger partial charge in [-0.05, 0) is 40.2 Å². The van der Waals surface area contributed by atoms with E-state index in [1.54, 1.807) is 35.9 Å². The summed E-state index contributed by atoms with van der Waals surface area (Å²) in [7, 11) is 2.98. The van der Waals surface area contributed by atoms with Crippen LogP contribution in [0, 0.1) is 0 Å². The zero-order valence-corrected chi connectivity index (χ0v) is 16.5. The summed E-state index contributed by atoms with van der Waals surface area (Å²) in [4.78, 5) is 28.8. The molecule has 0 saturated carbocycles. The number of aromatic nitrogens is 6. The van der Waals surface area contributed by atoms with Crippen LogP contribution in [0.15, 0.2) is 43.0 Å². The Hall–Kier alpha value is -2.72. The first-order valence-corrected chi connectivity index (χ1v) is 8.94. The highest BCUT2D eigenvalue weighted by Crippen LogP contribution is 2.22. The van der Waals surface area contributed by atoms with Crippen molar-refractivity contribution in [1.29, 1.82) is 0 Å². The predicted molar refractivity (Wildman–Crippen MR) is 102 cm³/mol. The maximum Gasteiger partial charge on any atom is 0.332 e. The molecule has 0 amide bonds. The van der Waals surface area contributed by atoms with Gasteiger partial charge < -0.3 is 4.42 Å². The van der Waals surface area contributed by atoms with E-state index in [1.807, 2.05) is 0 Å². The van der Waals surface area contributed by atoms with Crippen LogP contribution in [-0.4, -0.2) is 28.9 Å². The molecule has 0 saturated heterocycles. The Morgan fingerprint density at radius 3 is 2.52 bits per heavy atom. The molecular formula is C16H12BrClN6O3. The Morgan fingerprint density at radius 1 is 1.11 bits per heavy atom. The normalized spacial score (nSPS) is 11.4. The van der Waals surface area contributed by atoms with Crippen molar-refractivity contribution in [3.05, 3.63) is 60.8 Å². The SMILES string of the molecule is Cn1c(=O)c2nc(Br)n(Cc3nnc(-c4ccc(Cl)cc4)o3)c2n(C)c1=O. The maximum absolute atomic E-state index is 12.3. The number of halogens is 2. The first-order valence-electron chi connectivity index (χ1n) is 7.77. The van der Waals surface area contributed by atoms with Crippen LogP contribution >= 0.6 is 27.5 Å². The molecule has 0 N–H and O–H groups in total. The summed E-state index contributed by atoms with van der Waals surface area (Å²) in [6.07, 6.45) is 0. The summed E-state index contributed by atoms with van der Waals surface area (Å²) >= 11 is 9.21. The van der Waals surface area contributed by atoms with E-state index in [9.17, 15) is 9.59 Å². The lowest BCUT2D eigenvalue weighted by atomic mass is 10.2. The summed E-state index contributed by atoms with van der Waals surface area (Å²) < 4.78 is 10.1. The molecule has 0 radical (unpaired) electrons. The van der Waals surface area contributed by atoms with E-state index in [1.165, 1.54) is 11.6 Å². The molecule has 0 aliphatic rings. The van der Waals surface area contributed by atoms with Crippen LogP contribution in [0.25, 0.3) is 22.6 Å². The third kappa shape index (κ3) is 2.90. The van der Waals surface area contributed by atoms with Crippen molar-refractivity contribution < 1.29 is 4.42 Å². The highest BCUT2D eigenvalue weighted by Gasteiger charge is 2.19. The highest BCUT2D eigenvalue weighted by molar-refractivity contribution is 9.10. The number of hydrogen-bond donors (Lipinski definition) is 0. The molecule has 11 heteroatoms. The first-order chi connectivity index (χ1) is 12.9. The van der Waals surface area contributed by atoms with Crippen LogP contribution in [0.1, 0.15) is 5.89 Å². The zero-order chi connectivity index (χ0) is 19.3. The summed E-state index contributed by atoms with van der Waals surface area (Å²) in [5, 5.41) is 8.68. The number of fused-ring (bicyclic) bond motifs is 1. The molecule has 0 unspecified atom stereocenters. The molecular weight excluding hydrogens is 440 g/mol. The van der Waals surface area contributed by atoms with E-state index < -0.39 is 11.2 Å². The van der Waals surface area contributed by atoms with Gasteiger partial charge in [-0.25, -0.2) is 9.78 Å². The van der Waals surface area contributed by atoms with Crippen molar-refractivity contribution in [2.24, 2.45) is 14.1 Å². The topological polar surface area (TPSA) is 101 Å². The van der Waals surface area contributed by atoms with Gasteiger partial charge >= 0.3 is 5.69 Å². The smallest absolute Gasteiger partial charge is 0.332 e. The lowest BCUT2D eigenvalue weighted by Gasteiger charge is -2.07. The molecule has 0 spiro atoms. The maximum atomic E-state index is 12.3. The van der Waals surface area contributed by atoms with Gasteiger partial charge in [-0.2, -0.15) is 0 Å². The fraction of sp³-hybridized carbons (Fsp3) is 0.188. The fourth-order valence-electron chi connectivity index (χ4n) is 2.76. The summed E-state index contributed by atoms with van der Waals surface area (Å²) in [6, 6.07) is 7.00. The Bertz CT molecular complexity index is 1280. The van der Waals surface area contributed by atoms with Crippen molar-refractivity contribution in [3.8, 4) is 11.5 Å². The van der Waals surface area contributed by atoms with Gasteiger partial charge in [0.2, 0.25) is 11.8 Å². The molecule has 0 fully saturated rings. The molecule has 0 aliphatic carbocycles. The van der Waals surface area contributed by atoms with Crippen LogP contribution in [0.2, 0.25) is 5.02 Å². The number of nitrogens with zero attached hydrogens (tertiary/aromatic N) is 6. The first kappa shape index (κ1) is 17.7. The Balaban J connectivity index is 1.79. The number of aryl methyl sites for hydroxylation is 1. The average molecular weight is 452 g/mol. The van der Waals surface area contributed by atoms with Gasteiger partial charge in [0.05, 0.1) is 0 Å². The van der Waals surface area contributed by atoms with Gasteiger partial charge in [0.1, 0.15) is 6.54 Å². The van der Waals surface area contributed by atoms with E-state index in [2.05, 4.69) is 31.1 Å². The lowest BCUT2D eigenvalue weighted by molar-refractivity contribution is 0.487. The van der Waals surface area contributed by atoms with Crippen molar-refractivity contribution in [1.82, 2.24) is 28.9 Å². The van der Waals surface area contributed by atoms with E-state index in [0.717, 1.165) is 10.1 Å². The second-order valence-electron chi connectivity index (χ2n) is 5.85. The minimum Gasteiger partial charge on any atom is -0.419 e. The Morgan fingerprint density at radius 2 is 1.81 bits per heavy atom. The van der Waals surface area contributed by atoms with E-state index in [0.29, 0.717) is 27.2 Å². The van der Waals surface area contributed by atoms with Crippen molar-refractivity contribution in [2.75, 3.05) is 0 Å². The van der Waals surface area contributed by atoms with E-state index in [-0.39, 0.29) is 12.1 Å². The quantitative estimate of drug-likeness (QED) is 0.441. The van der Waals surface area contributed by atoms with Crippen molar-refractivity contribution in [2.45, 2.75) is 6.54 Å². The second-order valence-corrected chi connectivity index (χ2v) is 7.00. The molecule has 0 atom stereocenters. The van der Waals surface area contributed by atoms with Crippen molar-refractivity contribution >= 4 is 38.7 Å². The summed E-state index contributed by atoms with van der Waals surface area (Å²) in [5.41, 5.74) is 0.340. The summed E-state index contributed by atoms with van der Waals surface area (Å²) in [6.45, 7) is 0.137. The minimum absolute atomic E-state index is 0.137. The molecule has 0 bridgehead atoms. The van der Waals surface area contributed by atoms with Gasteiger partial charge in [0, 0.05) is 24.7 Å². The molecule has 27 heavy (non-hydrogen) atoms. The molecule has 1 aromatic carbocycles. The second kappa shape index (κ2) is 6.46. The van der Waals surface area contributed by atoms with Gasteiger partial charge in [0.15, 0.2) is 15.9 Å². The number of hydrogen-bond acceptors (Lipinski definition) is 6. The number of benzene rings is 1. The summed E-state index contributed by atoms with van der Waals surface area (Å²) in [5.74, 6) is 0.639. The van der Waals surface area contributed by atoms with E-state index >= 15 is 0 Å².